The minimum Gasteiger partial charge on any atom is -0.487 e. The number of hydrogen-bond acceptors (Lipinski definition) is 5. The Morgan fingerprint density at radius 3 is 2.71 bits per heavy atom. The molecule has 0 fully saturated rings. The van der Waals surface area contributed by atoms with E-state index in [0.717, 1.165) is 33.5 Å². The topological polar surface area (TPSA) is 51.2 Å². The van der Waals surface area contributed by atoms with Crippen molar-refractivity contribution in [3.8, 4) is 5.75 Å². The number of thioether (sulfide) groups is 1. The molecular weight excluding hydrogens is 388 g/mol. The van der Waals surface area contributed by atoms with E-state index in [-0.39, 0.29) is 5.91 Å². The molecule has 144 valence electrons. The van der Waals surface area contributed by atoms with Crippen LogP contribution in [0, 0.1) is 6.92 Å². The van der Waals surface area contributed by atoms with Crippen LogP contribution in [0.25, 0.3) is 6.08 Å². The normalized spacial score (nSPS) is 10.9. The number of benzene rings is 2. The fraction of sp³-hybridized carbons (Fsp3) is 0.182. The van der Waals surface area contributed by atoms with Crippen LogP contribution in [0.4, 0.5) is 5.69 Å². The van der Waals surface area contributed by atoms with Gasteiger partial charge >= 0.3 is 0 Å². The molecule has 4 nitrogen and oxygen atoms in total. The van der Waals surface area contributed by atoms with Crippen LogP contribution in [0.1, 0.15) is 21.8 Å². The summed E-state index contributed by atoms with van der Waals surface area (Å²) >= 11 is 3.37. The molecule has 6 heteroatoms. The Morgan fingerprint density at radius 1 is 1.21 bits per heavy atom. The predicted octanol–water partition coefficient (Wildman–Crippen LogP) is 5.55. The Kier molecular flexibility index (Phi) is 7.28. The molecule has 1 amide bonds. The molecule has 1 aromatic heterocycles. The Morgan fingerprint density at radius 2 is 2.00 bits per heavy atom. The van der Waals surface area contributed by atoms with E-state index in [9.17, 15) is 4.79 Å². The molecule has 3 aromatic rings. The SMILES string of the molecule is CSCc1ccc(NC(=O)C=Cc2ccccc2OCc2csc(C)n2)cc1. The van der Waals surface area contributed by atoms with Crippen LogP contribution in [-0.4, -0.2) is 17.1 Å². The Labute approximate surface area is 173 Å². The highest BCUT2D eigenvalue weighted by Crippen LogP contribution is 2.21. The summed E-state index contributed by atoms with van der Waals surface area (Å²) < 4.78 is 5.88. The lowest BCUT2D eigenvalue weighted by Crippen LogP contribution is -2.07. The van der Waals surface area contributed by atoms with Crippen molar-refractivity contribution in [1.29, 1.82) is 0 Å². The fourth-order valence-corrected chi connectivity index (χ4v) is 3.70. The van der Waals surface area contributed by atoms with E-state index in [1.54, 1.807) is 29.2 Å². The van der Waals surface area contributed by atoms with Gasteiger partial charge in [-0.3, -0.25) is 4.79 Å². The summed E-state index contributed by atoms with van der Waals surface area (Å²) in [5.41, 5.74) is 3.77. The highest BCUT2D eigenvalue weighted by Gasteiger charge is 2.04. The molecule has 28 heavy (non-hydrogen) atoms. The number of carbonyl (C=O) groups is 1. The molecule has 1 heterocycles. The average molecular weight is 411 g/mol. The summed E-state index contributed by atoms with van der Waals surface area (Å²) in [5, 5.41) is 5.89. The number of nitrogens with zero attached hydrogens (tertiary/aromatic N) is 1. The molecule has 0 aliphatic rings. The molecule has 3 rings (SSSR count). The van der Waals surface area contributed by atoms with Crippen LogP contribution >= 0.6 is 23.1 Å². The molecule has 0 saturated carbocycles. The first-order valence-electron chi connectivity index (χ1n) is 8.84. The number of rotatable bonds is 8. The van der Waals surface area contributed by atoms with Crippen LogP contribution < -0.4 is 10.1 Å². The highest BCUT2D eigenvalue weighted by molar-refractivity contribution is 7.97. The highest BCUT2D eigenvalue weighted by atomic mass is 32.2. The summed E-state index contributed by atoms with van der Waals surface area (Å²) in [6.45, 7) is 2.38. The molecule has 0 aliphatic heterocycles. The Bertz CT molecular complexity index is 949. The lowest BCUT2D eigenvalue weighted by atomic mass is 10.2. The van der Waals surface area contributed by atoms with Crippen molar-refractivity contribution < 1.29 is 9.53 Å². The largest absolute Gasteiger partial charge is 0.487 e. The Balaban J connectivity index is 1.60. The number of nitrogens with one attached hydrogen (secondary N) is 1. The zero-order valence-corrected chi connectivity index (χ0v) is 17.5. The van der Waals surface area contributed by atoms with E-state index in [0.29, 0.717) is 6.61 Å². The fourth-order valence-electron chi connectivity index (χ4n) is 2.58. The van der Waals surface area contributed by atoms with Crippen molar-refractivity contribution in [2.75, 3.05) is 11.6 Å². The van der Waals surface area contributed by atoms with Gasteiger partial charge in [-0.05, 0) is 43.0 Å². The number of carbonyl (C=O) groups excluding carboxylic acids is 1. The molecule has 0 bridgehead atoms. The third-order valence-corrected chi connectivity index (χ3v) is 5.35. The zero-order chi connectivity index (χ0) is 19.8. The zero-order valence-electron chi connectivity index (χ0n) is 15.8. The van der Waals surface area contributed by atoms with Crippen molar-refractivity contribution in [1.82, 2.24) is 4.98 Å². The van der Waals surface area contributed by atoms with E-state index in [4.69, 9.17) is 4.74 Å². The van der Waals surface area contributed by atoms with Crippen LogP contribution in [0.5, 0.6) is 5.75 Å². The van der Waals surface area contributed by atoms with Crippen LogP contribution in [-0.2, 0) is 17.2 Å². The first-order valence-corrected chi connectivity index (χ1v) is 11.1. The summed E-state index contributed by atoms with van der Waals surface area (Å²) in [6, 6.07) is 15.5. The van der Waals surface area contributed by atoms with Gasteiger partial charge in [-0.25, -0.2) is 4.98 Å². The van der Waals surface area contributed by atoms with Gasteiger partial charge in [0.25, 0.3) is 0 Å². The van der Waals surface area contributed by atoms with E-state index < -0.39 is 0 Å². The van der Waals surface area contributed by atoms with Gasteiger partial charge in [0.05, 0.1) is 10.7 Å². The molecule has 2 aromatic carbocycles. The van der Waals surface area contributed by atoms with Gasteiger partial charge in [-0.2, -0.15) is 11.8 Å². The quantitative estimate of drug-likeness (QED) is 0.495. The minimum atomic E-state index is -0.178. The van der Waals surface area contributed by atoms with Gasteiger partial charge in [0.2, 0.25) is 5.91 Å². The summed E-state index contributed by atoms with van der Waals surface area (Å²) in [4.78, 5) is 16.6. The van der Waals surface area contributed by atoms with Crippen LogP contribution in [0.3, 0.4) is 0 Å². The number of para-hydroxylation sites is 1. The lowest BCUT2D eigenvalue weighted by molar-refractivity contribution is -0.111. The minimum absolute atomic E-state index is 0.178. The van der Waals surface area contributed by atoms with Gasteiger partial charge < -0.3 is 10.1 Å². The first-order chi connectivity index (χ1) is 13.6. The summed E-state index contributed by atoms with van der Waals surface area (Å²) in [5.74, 6) is 1.51. The van der Waals surface area contributed by atoms with E-state index in [1.165, 1.54) is 11.6 Å². The Hall–Kier alpha value is -2.57. The molecule has 0 atom stereocenters. The summed E-state index contributed by atoms with van der Waals surface area (Å²) in [6.07, 6.45) is 5.35. The number of aromatic nitrogens is 1. The molecule has 0 saturated heterocycles. The third-order valence-electron chi connectivity index (χ3n) is 3.91. The van der Waals surface area contributed by atoms with Gasteiger partial charge in [0.1, 0.15) is 12.4 Å². The standard InChI is InChI=1S/C22H22N2O2S2/c1-16-23-20(15-28-16)13-26-21-6-4-3-5-18(21)9-12-22(25)24-19-10-7-17(8-11-19)14-27-2/h3-12,15H,13-14H2,1-2H3,(H,24,25). The maximum Gasteiger partial charge on any atom is 0.248 e. The van der Waals surface area contributed by atoms with Crippen molar-refractivity contribution >= 4 is 40.8 Å². The number of aryl methyl sites for hydroxylation is 1. The molecule has 0 spiro atoms. The first kappa shape index (κ1) is 20.2. The van der Waals surface area contributed by atoms with E-state index in [2.05, 4.69) is 16.6 Å². The van der Waals surface area contributed by atoms with Crippen molar-refractivity contribution in [3.63, 3.8) is 0 Å². The van der Waals surface area contributed by atoms with Gasteiger partial charge in [-0.1, -0.05) is 30.3 Å². The molecule has 0 radical (unpaired) electrons. The van der Waals surface area contributed by atoms with Gasteiger partial charge in [-0.15, -0.1) is 11.3 Å². The van der Waals surface area contributed by atoms with Gasteiger partial charge in [0.15, 0.2) is 0 Å². The van der Waals surface area contributed by atoms with Crippen LogP contribution in [0.15, 0.2) is 60.0 Å². The number of thiazole rings is 1. The maximum absolute atomic E-state index is 12.2. The number of anilines is 1. The second kappa shape index (κ2) is 10.1. The molecular formula is C22H22N2O2S2. The van der Waals surface area contributed by atoms with E-state index in [1.807, 2.05) is 60.8 Å². The molecule has 0 unspecified atom stereocenters. The second-order valence-corrected chi connectivity index (χ2v) is 8.07. The number of hydrogen-bond donors (Lipinski definition) is 1. The van der Waals surface area contributed by atoms with Crippen LogP contribution in [0.2, 0.25) is 0 Å². The number of amides is 1. The lowest BCUT2D eigenvalue weighted by Gasteiger charge is -2.08. The maximum atomic E-state index is 12.2. The van der Waals surface area contributed by atoms with E-state index >= 15 is 0 Å². The smallest absolute Gasteiger partial charge is 0.248 e. The van der Waals surface area contributed by atoms with Crippen molar-refractivity contribution in [2.45, 2.75) is 19.3 Å². The average Bonchev–Trinajstić information content (AvgIpc) is 3.12. The monoisotopic (exact) mass is 410 g/mol. The molecule has 0 aliphatic carbocycles. The van der Waals surface area contributed by atoms with Gasteiger partial charge in [0, 0.05) is 28.5 Å². The molecule has 1 N–H and O–H groups in total. The predicted molar refractivity (Wildman–Crippen MR) is 119 cm³/mol. The van der Waals surface area contributed by atoms with Crippen molar-refractivity contribution in [3.05, 3.63) is 81.8 Å². The second-order valence-electron chi connectivity index (χ2n) is 6.14. The number of ether oxygens (including phenoxy) is 1. The summed E-state index contributed by atoms with van der Waals surface area (Å²) in [7, 11) is 0. The third kappa shape index (κ3) is 5.97. The van der Waals surface area contributed by atoms with Crippen molar-refractivity contribution in [2.24, 2.45) is 0 Å².